The van der Waals surface area contributed by atoms with E-state index in [9.17, 15) is 18.3 Å². The Morgan fingerprint density at radius 1 is 1.24 bits per heavy atom. The minimum Gasteiger partial charge on any atom is -0.480 e. The van der Waals surface area contributed by atoms with Crippen LogP contribution in [0.2, 0.25) is 0 Å². The number of piperidine rings is 1. The van der Waals surface area contributed by atoms with Crippen molar-refractivity contribution in [2.24, 2.45) is 0 Å². The molecular weight excluding hydrogens is 296 g/mol. The summed E-state index contributed by atoms with van der Waals surface area (Å²) in [4.78, 5) is 11.2. The van der Waals surface area contributed by atoms with E-state index in [-0.39, 0.29) is 38.9 Å². The van der Waals surface area contributed by atoms with Gasteiger partial charge < -0.3 is 5.11 Å². The van der Waals surface area contributed by atoms with Crippen LogP contribution in [0.25, 0.3) is 0 Å². The number of carboxylic acid groups (broad SMARTS) is 1. The molecule has 0 amide bonds. The number of hydrogen-bond donors (Lipinski definition) is 1. The molecule has 116 valence electrons. The molecule has 1 unspecified atom stereocenters. The van der Waals surface area contributed by atoms with Crippen molar-refractivity contribution in [1.82, 2.24) is 8.61 Å². The maximum absolute atomic E-state index is 12.6. The Balaban J connectivity index is 2.99. The van der Waals surface area contributed by atoms with Crippen LogP contribution in [0, 0.1) is 22.7 Å². The number of carbonyl (C=O) groups is 1. The third-order valence-electron chi connectivity index (χ3n) is 3.31. The van der Waals surface area contributed by atoms with Gasteiger partial charge in [0.05, 0.1) is 12.1 Å². The van der Waals surface area contributed by atoms with Crippen LogP contribution in [-0.2, 0) is 15.0 Å². The third-order valence-corrected chi connectivity index (χ3v) is 5.35. The lowest BCUT2D eigenvalue weighted by Gasteiger charge is -2.35. The van der Waals surface area contributed by atoms with Crippen LogP contribution in [0.15, 0.2) is 0 Å². The molecule has 0 radical (unpaired) electrons. The van der Waals surface area contributed by atoms with Gasteiger partial charge in [-0.15, -0.1) is 0 Å². The topological polar surface area (TPSA) is 126 Å². The Morgan fingerprint density at radius 3 is 2.29 bits per heavy atom. The van der Waals surface area contributed by atoms with E-state index in [0.717, 1.165) is 8.61 Å². The summed E-state index contributed by atoms with van der Waals surface area (Å²) in [5.41, 5.74) is 0. The number of nitriles is 2. The van der Waals surface area contributed by atoms with Crippen molar-refractivity contribution in [3.63, 3.8) is 0 Å². The Hall–Kier alpha value is -1.68. The van der Waals surface area contributed by atoms with Crippen LogP contribution in [0.1, 0.15) is 32.1 Å². The van der Waals surface area contributed by atoms with Crippen LogP contribution in [0.3, 0.4) is 0 Å². The quantitative estimate of drug-likeness (QED) is 0.720. The van der Waals surface area contributed by atoms with Crippen LogP contribution in [0.4, 0.5) is 0 Å². The maximum Gasteiger partial charge on any atom is 0.322 e. The molecule has 0 aliphatic carbocycles. The van der Waals surface area contributed by atoms with Crippen LogP contribution in [0.5, 0.6) is 0 Å². The molecule has 0 saturated carbocycles. The summed E-state index contributed by atoms with van der Waals surface area (Å²) in [6.07, 6.45) is 1.54. The van der Waals surface area contributed by atoms with Crippen LogP contribution < -0.4 is 0 Å². The molecule has 1 saturated heterocycles. The normalized spacial score (nSPS) is 19.9. The molecule has 1 aliphatic heterocycles. The van der Waals surface area contributed by atoms with Gasteiger partial charge in [-0.1, -0.05) is 0 Å². The second-order valence-electron chi connectivity index (χ2n) is 4.68. The molecular formula is C12H18N4O4S. The average Bonchev–Trinajstić information content (AvgIpc) is 2.47. The molecule has 0 aromatic carbocycles. The molecule has 1 atom stereocenters. The third kappa shape index (κ3) is 4.39. The van der Waals surface area contributed by atoms with E-state index in [2.05, 4.69) is 0 Å². The summed E-state index contributed by atoms with van der Waals surface area (Å²) < 4.78 is 27.2. The predicted octanol–water partition coefficient (Wildman–Crippen LogP) is 0.300. The van der Waals surface area contributed by atoms with Gasteiger partial charge in [-0.25, -0.2) is 0 Å². The Labute approximate surface area is 124 Å². The fourth-order valence-electron chi connectivity index (χ4n) is 2.27. The van der Waals surface area contributed by atoms with Crippen molar-refractivity contribution in [2.45, 2.75) is 38.1 Å². The fraction of sp³-hybridized carbons (Fsp3) is 0.750. The highest BCUT2D eigenvalue weighted by Crippen LogP contribution is 2.23. The van der Waals surface area contributed by atoms with Gasteiger partial charge in [0.1, 0.15) is 6.04 Å². The van der Waals surface area contributed by atoms with Gasteiger partial charge in [0.2, 0.25) is 0 Å². The van der Waals surface area contributed by atoms with Gasteiger partial charge in [0.15, 0.2) is 0 Å². The smallest absolute Gasteiger partial charge is 0.322 e. The molecule has 1 rings (SSSR count). The van der Waals surface area contributed by atoms with Crippen molar-refractivity contribution >= 4 is 16.2 Å². The maximum atomic E-state index is 12.6. The Kier molecular flexibility index (Phi) is 6.56. The van der Waals surface area contributed by atoms with Gasteiger partial charge >= 0.3 is 5.97 Å². The molecule has 21 heavy (non-hydrogen) atoms. The summed E-state index contributed by atoms with van der Waals surface area (Å²) in [5, 5.41) is 26.4. The minimum atomic E-state index is -3.98. The van der Waals surface area contributed by atoms with Crippen molar-refractivity contribution in [1.29, 1.82) is 10.5 Å². The van der Waals surface area contributed by atoms with E-state index in [4.69, 9.17) is 10.5 Å². The molecule has 1 N–H and O–H groups in total. The Morgan fingerprint density at radius 2 is 1.81 bits per heavy atom. The van der Waals surface area contributed by atoms with Crippen molar-refractivity contribution in [2.75, 3.05) is 19.6 Å². The largest absolute Gasteiger partial charge is 0.480 e. The summed E-state index contributed by atoms with van der Waals surface area (Å²) in [5.74, 6) is -1.17. The highest BCUT2D eigenvalue weighted by molar-refractivity contribution is 7.86. The van der Waals surface area contributed by atoms with E-state index in [1.807, 2.05) is 12.1 Å². The first kappa shape index (κ1) is 17.4. The van der Waals surface area contributed by atoms with E-state index in [0.29, 0.717) is 12.8 Å². The molecule has 0 spiro atoms. The van der Waals surface area contributed by atoms with Gasteiger partial charge in [0.25, 0.3) is 10.2 Å². The first-order valence-corrected chi connectivity index (χ1v) is 8.08. The van der Waals surface area contributed by atoms with Gasteiger partial charge in [-0.2, -0.15) is 27.6 Å². The number of nitrogens with zero attached hydrogens (tertiary/aromatic N) is 4. The molecule has 9 heteroatoms. The highest BCUT2D eigenvalue weighted by atomic mass is 32.2. The summed E-state index contributed by atoms with van der Waals surface area (Å²) in [6.45, 7) is 0.0710. The first-order valence-electron chi connectivity index (χ1n) is 6.68. The van der Waals surface area contributed by atoms with Gasteiger partial charge in [-0.3, -0.25) is 4.79 Å². The summed E-state index contributed by atoms with van der Waals surface area (Å²) >= 11 is 0. The number of rotatable bonds is 7. The fourth-order valence-corrected chi connectivity index (χ4v) is 4.09. The van der Waals surface area contributed by atoms with Crippen molar-refractivity contribution < 1.29 is 18.3 Å². The molecule has 8 nitrogen and oxygen atoms in total. The van der Waals surface area contributed by atoms with E-state index < -0.39 is 22.2 Å². The summed E-state index contributed by atoms with van der Waals surface area (Å²) in [6, 6.07) is 2.65. The standard InChI is InChI=1S/C12H18N4O4S/c13-6-3-8-15(9-4-7-14)21(19,20)16-10-2-1-5-11(16)12(17)18/h11H,1-5,8-10H2,(H,17,18). The summed E-state index contributed by atoms with van der Waals surface area (Å²) in [7, 11) is -3.98. The highest BCUT2D eigenvalue weighted by Gasteiger charge is 2.39. The second kappa shape index (κ2) is 7.93. The first-order chi connectivity index (χ1) is 9.95. The van der Waals surface area contributed by atoms with E-state index >= 15 is 0 Å². The number of carboxylic acids is 1. The number of aliphatic carboxylic acids is 1. The molecule has 0 aromatic heterocycles. The minimum absolute atomic E-state index is 0.00373. The zero-order valence-corrected chi connectivity index (χ0v) is 12.4. The lowest BCUT2D eigenvalue weighted by atomic mass is 10.1. The second-order valence-corrected chi connectivity index (χ2v) is 6.56. The van der Waals surface area contributed by atoms with Crippen LogP contribution in [-0.4, -0.2) is 53.8 Å². The van der Waals surface area contributed by atoms with Crippen LogP contribution >= 0.6 is 0 Å². The van der Waals surface area contributed by atoms with E-state index in [1.54, 1.807) is 0 Å². The average molecular weight is 314 g/mol. The molecule has 1 aliphatic rings. The monoisotopic (exact) mass is 314 g/mol. The lowest BCUT2D eigenvalue weighted by Crippen LogP contribution is -2.53. The zero-order valence-electron chi connectivity index (χ0n) is 11.6. The molecule has 1 heterocycles. The molecule has 0 aromatic rings. The molecule has 0 bridgehead atoms. The number of hydrogen-bond acceptors (Lipinski definition) is 5. The van der Waals surface area contributed by atoms with Crippen molar-refractivity contribution in [3.05, 3.63) is 0 Å². The van der Waals surface area contributed by atoms with Gasteiger partial charge in [0, 0.05) is 32.5 Å². The predicted molar refractivity (Wildman–Crippen MR) is 72.9 cm³/mol. The Bertz CT molecular complexity index is 531. The zero-order chi connectivity index (χ0) is 15.9. The van der Waals surface area contributed by atoms with Gasteiger partial charge in [-0.05, 0) is 19.3 Å². The van der Waals surface area contributed by atoms with Crippen molar-refractivity contribution in [3.8, 4) is 12.1 Å². The molecule has 1 fully saturated rings. The SMILES string of the molecule is N#CCCN(CCC#N)S(=O)(=O)N1CCCCC1C(=O)O. The lowest BCUT2D eigenvalue weighted by molar-refractivity contribution is -0.142. The van der Waals surface area contributed by atoms with E-state index in [1.165, 1.54) is 0 Å².